The van der Waals surface area contributed by atoms with Crippen molar-refractivity contribution in [2.75, 3.05) is 0 Å². The fourth-order valence-corrected chi connectivity index (χ4v) is 3.00. The van der Waals surface area contributed by atoms with Gasteiger partial charge in [0.15, 0.2) is 0 Å². The zero-order valence-corrected chi connectivity index (χ0v) is 17.0. The van der Waals surface area contributed by atoms with Gasteiger partial charge in [0, 0.05) is 6.42 Å². The van der Waals surface area contributed by atoms with Gasteiger partial charge in [-0.2, -0.15) is 0 Å². The zero-order valence-electron chi connectivity index (χ0n) is 17.0. The molecule has 0 bridgehead atoms. The van der Waals surface area contributed by atoms with Gasteiger partial charge in [0.25, 0.3) is 0 Å². The third kappa shape index (κ3) is 13.9. The van der Waals surface area contributed by atoms with Gasteiger partial charge in [-0.25, -0.2) is 4.79 Å². The fraction of sp³-hybridized carbons (Fsp3) is 0.905. The highest BCUT2D eigenvalue weighted by molar-refractivity contribution is 5.83. The summed E-state index contributed by atoms with van der Waals surface area (Å²) < 4.78 is 0. The van der Waals surface area contributed by atoms with Crippen molar-refractivity contribution in [3.8, 4) is 0 Å². The van der Waals surface area contributed by atoms with Gasteiger partial charge < -0.3 is 10.4 Å². The monoisotopic (exact) mass is 355 g/mol. The molecule has 0 aromatic rings. The summed E-state index contributed by atoms with van der Waals surface area (Å²) in [6.07, 6.45) is 13.6. The van der Waals surface area contributed by atoms with E-state index in [1.165, 1.54) is 51.4 Å². The number of hydrogen-bond acceptors (Lipinski definition) is 2. The molecule has 0 aromatic heterocycles. The Hall–Kier alpha value is -1.06. The molecule has 25 heavy (non-hydrogen) atoms. The highest BCUT2D eigenvalue weighted by atomic mass is 16.4. The van der Waals surface area contributed by atoms with Gasteiger partial charge in [0.1, 0.15) is 6.04 Å². The molecule has 0 spiro atoms. The van der Waals surface area contributed by atoms with Crippen LogP contribution >= 0.6 is 0 Å². The first-order valence-corrected chi connectivity index (χ1v) is 10.4. The lowest BCUT2D eigenvalue weighted by Crippen LogP contribution is -2.44. The van der Waals surface area contributed by atoms with Crippen LogP contribution in [0.25, 0.3) is 0 Å². The molecule has 0 heterocycles. The Morgan fingerprint density at radius 3 is 1.76 bits per heavy atom. The molecule has 148 valence electrons. The van der Waals surface area contributed by atoms with Crippen LogP contribution in [0, 0.1) is 11.8 Å². The van der Waals surface area contributed by atoms with Crippen molar-refractivity contribution in [1.29, 1.82) is 0 Å². The highest BCUT2D eigenvalue weighted by Gasteiger charge is 2.24. The lowest BCUT2D eigenvalue weighted by Gasteiger charge is -2.20. The second-order valence-corrected chi connectivity index (χ2v) is 7.88. The van der Waals surface area contributed by atoms with Gasteiger partial charge in [0.05, 0.1) is 0 Å². The average Bonchev–Trinajstić information content (AvgIpc) is 2.56. The molecule has 0 aliphatic carbocycles. The lowest BCUT2D eigenvalue weighted by atomic mass is 9.99. The molecule has 0 aromatic carbocycles. The Bertz CT molecular complexity index is 355. The van der Waals surface area contributed by atoms with Crippen LogP contribution in [-0.4, -0.2) is 23.0 Å². The van der Waals surface area contributed by atoms with E-state index in [1.54, 1.807) is 0 Å². The van der Waals surface area contributed by atoms with Gasteiger partial charge in [-0.3, -0.25) is 4.79 Å². The van der Waals surface area contributed by atoms with Gasteiger partial charge in [0.2, 0.25) is 5.91 Å². The molecule has 4 heteroatoms. The second kappa shape index (κ2) is 15.2. The van der Waals surface area contributed by atoms with Crippen LogP contribution in [0.4, 0.5) is 0 Å². The van der Waals surface area contributed by atoms with Crippen LogP contribution < -0.4 is 5.32 Å². The molecule has 0 saturated carbocycles. The summed E-state index contributed by atoms with van der Waals surface area (Å²) in [5.74, 6) is -0.274. The summed E-state index contributed by atoms with van der Waals surface area (Å²) in [6.45, 7) is 8.37. The summed E-state index contributed by atoms with van der Waals surface area (Å²) in [6, 6.07) is -0.756. The number of amides is 1. The molecule has 0 saturated heterocycles. The molecule has 0 unspecified atom stereocenters. The van der Waals surface area contributed by atoms with Crippen molar-refractivity contribution < 1.29 is 14.7 Å². The van der Waals surface area contributed by atoms with Crippen molar-refractivity contribution in [2.24, 2.45) is 11.8 Å². The first-order chi connectivity index (χ1) is 11.9. The van der Waals surface area contributed by atoms with Gasteiger partial charge in [-0.05, 0) is 18.3 Å². The molecule has 0 radical (unpaired) electrons. The molecule has 4 nitrogen and oxygen atoms in total. The lowest BCUT2D eigenvalue weighted by molar-refractivity contribution is -0.143. The van der Waals surface area contributed by atoms with Crippen LogP contribution in [0.15, 0.2) is 0 Å². The Kier molecular flexibility index (Phi) is 14.6. The minimum absolute atomic E-state index is 0.0398. The van der Waals surface area contributed by atoms with E-state index in [1.807, 2.05) is 13.8 Å². The fourth-order valence-electron chi connectivity index (χ4n) is 3.00. The summed E-state index contributed by atoms with van der Waals surface area (Å²) in [5, 5.41) is 11.8. The molecular weight excluding hydrogens is 314 g/mol. The molecule has 0 aliphatic rings. The first-order valence-electron chi connectivity index (χ1n) is 10.4. The van der Waals surface area contributed by atoms with Crippen LogP contribution in [0.5, 0.6) is 0 Å². The minimum atomic E-state index is -0.934. The number of carbonyl (C=O) groups excluding carboxylic acids is 1. The highest BCUT2D eigenvalue weighted by Crippen LogP contribution is 2.14. The standard InChI is InChI=1S/C21H41NO3/c1-5-18(4)20(21(24)25)22-19(23)16-14-12-10-8-6-7-9-11-13-15-17(2)3/h17-18,20H,5-16H2,1-4H3,(H,22,23)(H,24,25)/t18-,20-/m0/s1. The number of unbranched alkanes of at least 4 members (excludes halogenated alkanes) is 8. The molecule has 2 N–H and O–H groups in total. The topological polar surface area (TPSA) is 66.4 Å². The summed E-state index contributed by atoms with van der Waals surface area (Å²) >= 11 is 0. The maximum absolute atomic E-state index is 11.9. The Balaban J connectivity index is 3.55. The van der Waals surface area contributed by atoms with Crippen molar-refractivity contribution >= 4 is 11.9 Å². The second-order valence-electron chi connectivity index (χ2n) is 7.88. The molecular formula is C21H41NO3. The average molecular weight is 356 g/mol. The van der Waals surface area contributed by atoms with E-state index in [9.17, 15) is 14.7 Å². The first kappa shape index (κ1) is 23.9. The minimum Gasteiger partial charge on any atom is -0.480 e. The van der Waals surface area contributed by atoms with Crippen LogP contribution in [0.1, 0.15) is 105 Å². The van der Waals surface area contributed by atoms with Gasteiger partial charge >= 0.3 is 5.97 Å². The third-order valence-corrected chi connectivity index (χ3v) is 4.98. The Labute approximate surface area is 155 Å². The predicted octanol–water partition coefficient (Wildman–Crippen LogP) is 5.55. The van der Waals surface area contributed by atoms with Gasteiger partial charge in [-0.1, -0.05) is 91.9 Å². The maximum atomic E-state index is 11.9. The van der Waals surface area contributed by atoms with Crippen LogP contribution in [0.2, 0.25) is 0 Å². The zero-order chi connectivity index (χ0) is 19.1. The van der Waals surface area contributed by atoms with E-state index < -0.39 is 12.0 Å². The van der Waals surface area contributed by atoms with Gasteiger partial charge in [-0.15, -0.1) is 0 Å². The van der Waals surface area contributed by atoms with E-state index in [0.717, 1.165) is 25.2 Å². The molecule has 1 amide bonds. The molecule has 0 rings (SSSR count). The van der Waals surface area contributed by atoms with Crippen LogP contribution in [0.3, 0.4) is 0 Å². The van der Waals surface area contributed by atoms with Crippen molar-refractivity contribution in [1.82, 2.24) is 5.32 Å². The SMILES string of the molecule is CC[C@H](C)[C@H](NC(=O)CCCCCCCCCCCC(C)C)C(=O)O. The van der Waals surface area contributed by atoms with Crippen molar-refractivity contribution in [2.45, 2.75) is 111 Å². The Morgan fingerprint density at radius 1 is 0.840 bits per heavy atom. The number of hydrogen-bond donors (Lipinski definition) is 2. The predicted molar refractivity (Wildman–Crippen MR) is 105 cm³/mol. The van der Waals surface area contributed by atoms with E-state index in [0.29, 0.717) is 6.42 Å². The number of carbonyl (C=O) groups is 2. The third-order valence-electron chi connectivity index (χ3n) is 4.98. The maximum Gasteiger partial charge on any atom is 0.326 e. The van der Waals surface area contributed by atoms with E-state index >= 15 is 0 Å². The number of rotatable bonds is 16. The van der Waals surface area contributed by atoms with E-state index in [2.05, 4.69) is 19.2 Å². The van der Waals surface area contributed by atoms with Crippen molar-refractivity contribution in [3.63, 3.8) is 0 Å². The summed E-state index contributed by atoms with van der Waals surface area (Å²) in [5.41, 5.74) is 0. The molecule has 2 atom stereocenters. The number of aliphatic carboxylic acids is 1. The number of nitrogens with one attached hydrogen (secondary N) is 1. The van der Waals surface area contributed by atoms with E-state index in [4.69, 9.17) is 0 Å². The number of carboxylic acids is 1. The quantitative estimate of drug-likeness (QED) is 0.357. The van der Waals surface area contributed by atoms with E-state index in [-0.39, 0.29) is 11.8 Å². The van der Waals surface area contributed by atoms with Crippen molar-refractivity contribution in [3.05, 3.63) is 0 Å². The summed E-state index contributed by atoms with van der Waals surface area (Å²) in [4.78, 5) is 23.1. The Morgan fingerprint density at radius 2 is 1.32 bits per heavy atom. The summed E-state index contributed by atoms with van der Waals surface area (Å²) in [7, 11) is 0. The largest absolute Gasteiger partial charge is 0.480 e. The van der Waals surface area contributed by atoms with Crippen LogP contribution in [-0.2, 0) is 9.59 Å². The smallest absolute Gasteiger partial charge is 0.326 e. The molecule has 0 fully saturated rings. The molecule has 0 aliphatic heterocycles. The normalized spacial score (nSPS) is 13.6. The number of carboxylic acid groups (broad SMARTS) is 1.